The number of hydrogen-bond donors (Lipinski definition) is 2. The van der Waals surface area contributed by atoms with Crippen molar-refractivity contribution >= 4 is 5.91 Å². The topological polar surface area (TPSA) is 71.0 Å². The minimum atomic E-state index is -0.651. The number of piperidine rings is 1. The van der Waals surface area contributed by atoms with Gasteiger partial charge in [-0.15, -0.1) is 0 Å². The van der Waals surface area contributed by atoms with Crippen LogP contribution in [0.15, 0.2) is 30.3 Å². The second-order valence-corrected chi connectivity index (χ2v) is 7.93. The Hall–Kier alpha value is -1.63. The molecular weight excluding hydrogens is 344 g/mol. The monoisotopic (exact) mass is 376 g/mol. The summed E-state index contributed by atoms with van der Waals surface area (Å²) < 4.78 is 11.5. The molecule has 1 aliphatic carbocycles. The van der Waals surface area contributed by atoms with Crippen LogP contribution >= 0.6 is 0 Å². The molecule has 3 rings (SSSR count). The van der Waals surface area contributed by atoms with Gasteiger partial charge >= 0.3 is 0 Å². The van der Waals surface area contributed by atoms with Gasteiger partial charge in [0.2, 0.25) is 5.91 Å². The summed E-state index contributed by atoms with van der Waals surface area (Å²) in [6.45, 7) is 5.48. The van der Waals surface area contributed by atoms with Crippen LogP contribution in [0, 0.1) is 5.92 Å². The maximum Gasteiger partial charge on any atom is 0.222 e. The summed E-state index contributed by atoms with van der Waals surface area (Å²) >= 11 is 0. The summed E-state index contributed by atoms with van der Waals surface area (Å²) in [5.74, 6) is 0.676. The van der Waals surface area contributed by atoms with E-state index in [2.05, 4.69) is 10.2 Å². The van der Waals surface area contributed by atoms with E-state index in [9.17, 15) is 9.90 Å². The first-order valence-corrected chi connectivity index (χ1v) is 9.96. The number of ether oxygens (including phenoxy) is 2. The Morgan fingerprint density at radius 2 is 1.89 bits per heavy atom. The number of carbonyl (C=O) groups excluding carboxylic acids is 1. The Morgan fingerprint density at radius 1 is 1.22 bits per heavy atom. The van der Waals surface area contributed by atoms with E-state index in [0.29, 0.717) is 6.42 Å². The van der Waals surface area contributed by atoms with Crippen molar-refractivity contribution in [3.8, 4) is 5.75 Å². The quantitative estimate of drug-likeness (QED) is 0.793. The predicted molar refractivity (Wildman–Crippen MR) is 104 cm³/mol. The highest BCUT2D eigenvalue weighted by Crippen LogP contribution is 2.31. The van der Waals surface area contributed by atoms with Crippen LogP contribution in [0.5, 0.6) is 5.75 Å². The molecule has 0 unspecified atom stereocenters. The third-order valence-electron chi connectivity index (χ3n) is 5.74. The van der Waals surface area contributed by atoms with Crippen LogP contribution < -0.4 is 10.1 Å². The van der Waals surface area contributed by atoms with Crippen LogP contribution in [0.2, 0.25) is 0 Å². The lowest BCUT2D eigenvalue weighted by atomic mass is 10.0. The smallest absolute Gasteiger partial charge is 0.222 e. The Kier molecular flexibility index (Phi) is 6.73. The number of amides is 1. The average Bonchev–Trinajstić information content (AvgIpc) is 2.97. The summed E-state index contributed by atoms with van der Waals surface area (Å²) in [4.78, 5) is 14.6. The number of carbonyl (C=O) groups is 1. The normalized spacial score (nSPS) is 29.8. The average molecular weight is 376 g/mol. The van der Waals surface area contributed by atoms with E-state index >= 15 is 0 Å². The SMILES string of the molecule is COC1CCN([C@@H]2[C@@H](O)[C@H](Oc3ccccc3)C[C@H]2NC(=O)C(C)C)CC1. The van der Waals surface area contributed by atoms with E-state index in [4.69, 9.17) is 9.47 Å². The Balaban J connectivity index is 1.73. The molecular formula is C21H32N2O4. The molecule has 1 aromatic rings. The van der Waals surface area contributed by atoms with Crippen LogP contribution in [0.4, 0.5) is 0 Å². The van der Waals surface area contributed by atoms with Crippen LogP contribution in [0.1, 0.15) is 33.1 Å². The first-order chi connectivity index (χ1) is 13.0. The highest BCUT2D eigenvalue weighted by Gasteiger charge is 2.48. The Morgan fingerprint density at radius 3 is 2.48 bits per heavy atom. The number of nitrogens with zero attached hydrogens (tertiary/aromatic N) is 1. The predicted octanol–water partition coefficient (Wildman–Crippen LogP) is 1.82. The van der Waals surface area contributed by atoms with Gasteiger partial charge in [-0.3, -0.25) is 9.69 Å². The van der Waals surface area contributed by atoms with Gasteiger partial charge in [-0.1, -0.05) is 32.0 Å². The highest BCUT2D eigenvalue weighted by atomic mass is 16.5. The Bertz CT molecular complexity index is 601. The number of methoxy groups -OCH3 is 1. The number of nitrogens with one attached hydrogen (secondary N) is 1. The van der Waals surface area contributed by atoms with Gasteiger partial charge in [-0.25, -0.2) is 0 Å². The third kappa shape index (κ3) is 4.81. The van der Waals surface area contributed by atoms with Crippen molar-refractivity contribution in [3.63, 3.8) is 0 Å². The molecule has 150 valence electrons. The fourth-order valence-corrected chi connectivity index (χ4v) is 4.15. The van der Waals surface area contributed by atoms with Crippen molar-refractivity contribution in [1.29, 1.82) is 0 Å². The van der Waals surface area contributed by atoms with Gasteiger partial charge in [0.05, 0.1) is 18.2 Å². The van der Waals surface area contributed by atoms with Gasteiger partial charge in [0.1, 0.15) is 18.0 Å². The molecule has 0 spiro atoms. The lowest BCUT2D eigenvalue weighted by Crippen LogP contribution is -2.56. The number of aliphatic hydroxyl groups excluding tert-OH is 1. The number of rotatable bonds is 6. The van der Waals surface area contributed by atoms with Gasteiger partial charge in [0, 0.05) is 32.5 Å². The highest BCUT2D eigenvalue weighted by molar-refractivity contribution is 5.78. The lowest BCUT2D eigenvalue weighted by Gasteiger charge is -2.39. The minimum Gasteiger partial charge on any atom is -0.488 e. The molecule has 1 amide bonds. The second-order valence-electron chi connectivity index (χ2n) is 7.93. The summed E-state index contributed by atoms with van der Waals surface area (Å²) in [7, 11) is 1.75. The standard InChI is InChI=1S/C21H32N2O4/c1-14(2)21(25)22-17-13-18(27-16-7-5-4-6-8-16)20(24)19(17)23-11-9-15(26-3)10-12-23/h4-8,14-15,17-20,24H,9-13H2,1-3H3,(H,22,25)/t17-,18-,19+,20+/m1/s1. The molecule has 4 atom stereocenters. The third-order valence-corrected chi connectivity index (χ3v) is 5.74. The maximum absolute atomic E-state index is 12.3. The van der Waals surface area contributed by atoms with Crippen molar-refractivity contribution < 1.29 is 19.4 Å². The molecule has 1 aliphatic heterocycles. The zero-order valence-electron chi connectivity index (χ0n) is 16.5. The fourth-order valence-electron chi connectivity index (χ4n) is 4.15. The van der Waals surface area contributed by atoms with Crippen molar-refractivity contribution in [1.82, 2.24) is 10.2 Å². The molecule has 2 N–H and O–H groups in total. The number of benzene rings is 1. The Labute approximate surface area is 161 Å². The van der Waals surface area contributed by atoms with Crippen molar-refractivity contribution in [2.45, 2.75) is 63.5 Å². The fraction of sp³-hybridized carbons (Fsp3) is 0.667. The molecule has 1 saturated heterocycles. The zero-order chi connectivity index (χ0) is 19.4. The van der Waals surface area contributed by atoms with Gasteiger partial charge in [0.15, 0.2) is 0 Å². The van der Waals surface area contributed by atoms with Crippen LogP contribution in [-0.2, 0) is 9.53 Å². The van der Waals surface area contributed by atoms with Crippen LogP contribution in [0.3, 0.4) is 0 Å². The summed E-state index contributed by atoms with van der Waals surface area (Å²) in [5, 5.41) is 14.2. The van der Waals surface area contributed by atoms with Crippen LogP contribution in [-0.4, -0.2) is 66.5 Å². The summed E-state index contributed by atoms with van der Waals surface area (Å²) in [6.07, 6.45) is 1.77. The number of aliphatic hydroxyl groups is 1. The molecule has 6 heteroatoms. The van der Waals surface area contributed by atoms with E-state index in [0.717, 1.165) is 31.7 Å². The second kappa shape index (κ2) is 9.04. The molecule has 1 saturated carbocycles. The number of hydrogen-bond acceptors (Lipinski definition) is 5. The van der Waals surface area contributed by atoms with Crippen molar-refractivity contribution in [2.24, 2.45) is 5.92 Å². The molecule has 0 radical (unpaired) electrons. The van der Waals surface area contributed by atoms with Crippen molar-refractivity contribution in [2.75, 3.05) is 20.2 Å². The molecule has 1 heterocycles. The molecule has 2 aliphatic rings. The molecule has 0 aromatic heterocycles. The molecule has 2 fully saturated rings. The van der Waals surface area contributed by atoms with E-state index in [1.165, 1.54) is 0 Å². The van der Waals surface area contributed by atoms with Gasteiger partial charge in [-0.2, -0.15) is 0 Å². The first-order valence-electron chi connectivity index (χ1n) is 9.96. The zero-order valence-corrected chi connectivity index (χ0v) is 16.5. The molecule has 1 aromatic carbocycles. The first kappa shape index (κ1) is 20.1. The van der Waals surface area contributed by atoms with E-state index < -0.39 is 6.10 Å². The molecule has 0 bridgehead atoms. The van der Waals surface area contributed by atoms with Crippen LogP contribution in [0.25, 0.3) is 0 Å². The summed E-state index contributed by atoms with van der Waals surface area (Å²) in [5.41, 5.74) is 0. The number of likely N-dealkylation sites (tertiary alicyclic amines) is 1. The van der Waals surface area contributed by atoms with Crippen molar-refractivity contribution in [3.05, 3.63) is 30.3 Å². The van der Waals surface area contributed by atoms with E-state index in [1.54, 1.807) is 7.11 Å². The van der Waals surface area contributed by atoms with E-state index in [-0.39, 0.29) is 36.1 Å². The maximum atomic E-state index is 12.3. The summed E-state index contributed by atoms with van der Waals surface area (Å²) in [6, 6.07) is 9.30. The lowest BCUT2D eigenvalue weighted by molar-refractivity contribution is -0.125. The minimum absolute atomic E-state index is 0.0179. The van der Waals surface area contributed by atoms with E-state index in [1.807, 2.05) is 44.2 Å². The van der Waals surface area contributed by atoms with Gasteiger partial charge in [0.25, 0.3) is 0 Å². The molecule has 6 nitrogen and oxygen atoms in total. The number of para-hydroxylation sites is 1. The molecule has 27 heavy (non-hydrogen) atoms. The van der Waals surface area contributed by atoms with Gasteiger partial charge < -0.3 is 19.9 Å². The largest absolute Gasteiger partial charge is 0.488 e. The van der Waals surface area contributed by atoms with Gasteiger partial charge in [-0.05, 0) is 25.0 Å².